The maximum absolute atomic E-state index is 13.0. The lowest BCUT2D eigenvalue weighted by Gasteiger charge is -2.17. The van der Waals surface area contributed by atoms with E-state index in [2.05, 4.69) is 16.7 Å². The Kier molecular flexibility index (Phi) is 4.28. The Hall–Kier alpha value is -3.34. The van der Waals surface area contributed by atoms with E-state index in [9.17, 15) is 9.90 Å². The highest BCUT2D eigenvalue weighted by atomic mass is 16.3. The summed E-state index contributed by atoms with van der Waals surface area (Å²) >= 11 is 0. The number of imidazole rings is 1. The summed E-state index contributed by atoms with van der Waals surface area (Å²) in [5.41, 5.74) is 2.97. The standard InChI is InChI=1S/C22H21N3O2/c1-16-8-10-19(11-9-16)25-21(26)14-20(22(25)27)24-13-12-23(17(24)2)15-18-6-4-3-5-7-18/h3-14,20H,15H2,1-2H3/p+1. The number of benzene rings is 2. The van der Waals surface area contributed by atoms with E-state index in [0.717, 1.165) is 17.9 Å². The summed E-state index contributed by atoms with van der Waals surface area (Å²) in [6.45, 7) is 4.70. The zero-order chi connectivity index (χ0) is 19.0. The number of aliphatic hydroxyl groups is 1. The highest BCUT2D eigenvalue weighted by molar-refractivity contribution is 6.02. The number of aryl methyl sites for hydroxylation is 1. The van der Waals surface area contributed by atoms with Crippen molar-refractivity contribution in [3.05, 3.63) is 95.9 Å². The molecule has 1 unspecified atom stereocenters. The molecule has 5 nitrogen and oxygen atoms in total. The molecular formula is C22H22N3O2+. The molecule has 1 amide bonds. The number of nitrogens with zero attached hydrogens (tertiary/aromatic N) is 3. The number of aliphatic hydroxyl groups excluding tert-OH is 1. The van der Waals surface area contributed by atoms with Gasteiger partial charge in [0.1, 0.15) is 18.9 Å². The van der Waals surface area contributed by atoms with Crippen LogP contribution in [0.25, 0.3) is 0 Å². The predicted molar refractivity (Wildman–Crippen MR) is 103 cm³/mol. The minimum Gasteiger partial charge on any atom is -0.494 e. The fraction of sp³-hybridized carbons (Fsp3) is 0.182. The fourth-order valence-corrected chi connectivity index (χ4v) is 3.44. The Labute approximate surface area is 158 Å². The van der Waals surface area contributed by atoms with Crippen LogP contribution in [-0.4, -0.2) is 15.6 Å². The molecule has 1 atom stereocenters. The molecule has 136 valence electrons. The zero-order valence-corrected chi connectivity index (χ0v) is 15.4. The van der Waals surface area contributed by atoms with Crippen LogP contribution in [0.3, 0.4) is 0 Å². The summed E-state index contributed by atoms with van der Waals surface area (Å²) in [5, 5.41) is 10.4. The van der Waals surface area contributed by atoms with Gasteiger partial charge in [-0.3, -0.25) is 4.79 Å². The van der Waals surface area contributed by atoms with Crippen molar-refractivity contribution >= 4 is 11.6 Å². The van der Waals surface area contributed by atoms with Gasteiger partial charge in [0.15, 0.2) is 5.88 Å². The van der Waals surface area contributed by atoms with Gasteiger partial charge >= 0.3 is 0 Å². The molecule has 2 aromatic carbocycles. The number of carbonyl (C=O) groups excluding carboxylic acids is 1. The Morgan fingerprint density at radius 1 is 1.04 bits per heavy atom. The average molecular weight is 360 g/mol. The summed E-state index contributed by atoms with van der Waals surface area (Å²) in [6, 6.07) is 17.2. The van der Waals surface area contributed by atoms with E-state index in [1.807, 2.05) is 73.3 Å². The van der Waals surface area contributed by atoms with Crippen LogP contribution in [0.15, 0.2) is 79.0 Å². The molecule has 1 N–H and O–H groups in total. The third kappa shape index (κ3) is 3.12. The largest absolute Gasteiger partial charge is 0.494 e. The van der Waals surface area contributed by atoms with Gasteiger partial charge in [-0.2, -0.15) is 0 Å². The molecule has 3 aromatic rings. The molecule has 0 bridgehead atoms. The van der Waals surface area contributed by atoms with Crippen LogP contribution in [0, 0.1) is 13.8 Å². The first-order valence-electron chi connectivity index (χ1n) is 8.97. The molecule has 5 heteroatoms. The number of carbonyl (C=O) groups is 1. The SMILES string of the molecule is Cc1ccc(N2C(=O)C(n3cc[n+](Cc4ccccc4)c3C)C=C2O)cc1. The van der Waals surface area contributed by atoms with Crippen molar-refractivity contribution in [3.8, 4) is 0 Å². The van der Waals surface area contributed by atoms with Crippen molar-refractivity contribution < 1.29 is 14.5 Å². The quantitative estimate of drug-likeness (QED) is 0.725. The van der Waals surface area contributed by atoms with Gasteiger partial charge < -0.3 is 5.11 Å². The first kappa shape index (κ1) is 17.1. The maximum atomic E-state index is 13.0. The second kappa shape index (κ2) is 6.76. The van der Waals surface area contributed by atoms with Crippen molar-refractivity contribution in [1.29, 1.82) is 0 Å². The Morgan fingerprint density at radius 2 is 1.74 bits per heavy atom. The molecule has 0 fully saturated rings. The monoisotopic (exact) mass is 360 g/mol. The molecule has 0 spiro atoms. The highest BCUT2D eigenvalue weighted by Gasteiger charge is 2.39. The molecular weight excluding hydrogens is 338 g/mol. The molecule has 0 aliphatic carbocycles. The molecule has 0 saturated carbocycles. The van der Waals surface area contributed by atoms with E-state index in [0.29, 0.717) is 5.69 Å². The summed E-state index contributed by atoms with van der Waals surface area (Å²) in [4.78, 5) is 14.4. The Balaban J connectivity index is 1.61. The minimum atomic E-state index is -0.552. The molecule has 1 aliphatic rings. The normalized spacial score (nSPS) is 16.7. The van der Waals surface area contributed by atoms with E-state index < -0.39 is 6.04 Å². The number of hydrogen-bond acceptors (Lipinski definition) is 2. The van der Waals surface area contributed by atoms with Crippen LogP contribution in [0.1, 0.15) is 23.0 Å². The van der Waals surface area contributed by atoms with Gasteiger partial charge in [0.2, 0.25) is 6.04 Å². The van der Waals surface area contributed by atoms with Crippen molar-refractivity contribution in [2.45, 2.75) is 26.4 Å². The number of anilines is 1. The van der Waals surface area contributed by atoms with Gasteiger partial charge in [0, 0.05) is 13.0 Å². The van der Waals surface area contributed by atoms with Gasteiger partial charge in [0.05, 0.1) is 5.69 Å². The van der Waals surface area contributed by atoms with Gasteiger partial charge in [-0.1, -0.05) is 48.0 Å². The fourth-order valence-electron chi connectivity index (χ4n) is 3.44. The van der Waals surface area contributed by atoms with E-state index >= 15 is 0 Å². The summed E-state index contributed by atoms with van der Waals surface area (Å²) in [5.74, 6) is 0.755. The van der Waals surface area contributed by atoms with Gasteiger partial charge in [-0.25, -0.2) is 14.0 Å². The third-order valence-corrected chi connectivity index (χ3v) is 4.99. The molecule has 1 aliphatic heterocycles. The Bertz CT molecular complexity index is 1000. The van der Waals surface area contributed by atoms with Crippen LogP contribution in [-0.2, 0) is 11.3 Å². The molecule has 0 saturated heterocycles. The maximum Gasteiger partial charge on any atom is 0.283 e. The topological polar surface area (TPSA) is 49.4 Å². The summed E-state index contributed by atoms with van der Waals surface area (Å²) < 4.78 is 4.00. The molecule has 4 rings (SSSR count). The summed E-state index contributed by atoms with van der Waals surface area (Å²) in [7, 11) is 0. The first-order valence-corrected chi connectivity index (χ1v) is 8.97. The number of aromatic nitrogens is 2. The molecule has 2 heterocycles. The average Bonchev–Trinajstić information content (AvgIpc) is 3.16. The number of hydrogen-bond donors (Lipinski definition) is 1. The molecule has 27 heavy (non-hydrogen) atoms. The molecule has 1 aromatic heterocycles. The third-order valence-electron chi connectivity index (χ3n) is 4.99. The second-order valence-electron chi connectivity index (χ2n) is 6.85. The van der Waals surface area contributed by atoms with Gasteiger partial charge in [-0.15, -0.1) is 0 Å². The molecule has 0 radical (unpaired) electrons. The van der Waals surface area contributed by atoms with E-state index in [4.69, 9.17) is 0 Å². The van der Waals surface area contributed by atoms with Crippen LogP contribution >= 0.6 is 0 Å². The lowest BCUT2D eigenvalue weighted by molar-refractivity contribution is -0.694. The van der Waals surface area contributed by atoms with Crippen LogP contribution in [0.5, 0.6) is 0 Å². The smallest absolute Gasteiger partial charge is 0.283 e. The van der Waals surface area contributed by atoms with E-state index in [1.165, 1.54) is 10.5 Å². The van der Waals surface area contributed by atoms with Crippen molar-refractivity contribution in [1.82, 2.24) is 4.57 Å². The van der Waals surface area contributed by atoms with Crippen LogP contribution in [0.4, 0.5) is 5.69 Å². The van der Waals surface area contributed by atoms with Crippen molar-refractivity contribution in [2.75, 3.05) is 4.90 Å². The second-order valence-corrected chi connectivity index (χ2v) is 6.85. The van der Waals surface area contributed by atoms with Crippen molar-refractivity contribution in [3.63, 3.8) is 0 Å². The van der Waals surface area contributed by atoms with E-state index in [1.54, 1.807) is 6.08 Å². The van der Waals surface area contributed by atoms with Crippen LogP contribution in [0.2, 0.25) is 0 Å². The van der Waals surface area contributed by atoms with E-state index in [-0.39, 0.29) is 11.8 Å². The van der Waals surface area contributed by atoms with Crippen LogP contribution < -0.4 is 9.47 Å². The van der Waals surface area contributed by atoms with Gasteiger partial charge in [-0.05, 0) is 24.6 Å². The Morgan fingerprint density at radius 3 is 2.44 bits per heavy atom. The minimum absolute atomic E-state index is 0.0310. The lowest BCUT2D eigenvalue weighted by Crippen LogP contribution is -2.37. The number of rotatable bonds is 4. The first-order chi connectivity index (χ1) is 13.0. The van der Waals surface area contributed by atoms with Gasteiger partial charge in [0.25, 0.3) is 11.7 Å². The lowest BCUT2D eigenvalue weighted by atomic mass is 10.2. The highest BCUT2D eigenvalue weighted by Crippen LogP contribution is 2.30. The summed E-state index contributed by atoms with van der Waals surface area (Å²) in [6.07, 6.45) is 5.46. The predicted octanol–water partition coefficient (Wildman–Crippen LogP) is 3.43. The zero-order valence-electron chi connectivity index (χ0n) is 15.4. The number of amides is 1. The van der Waals surface area contributed by atoms with Crippen molar-refractivity contribution in [2.24, 2.45) is 0 Å².